The standard InChI is InChI=1S/C12H13NO3/c1-12(2,16)7-5-9-8(11(14)15)3-4-13-10(9)6-7/h3-4,6,16H,5H2,1-2H3,(H,14,15). The second-order valence-corrected chi connectivity index (χ2v) is 4.43. The van der Waals surface area contributed by atoms with Crippen LogP contribution in [0.1, 0.15) is 35.5 Å². The predicted octanol–water partition coefficient (Wildman–Crippen LogP) is 1.49. The van der Waals surface area contributed by atoms with Crippen molar-refractivity contribution in [1.82, 2.24) is 4.98 Å². The third kappa shape index (κ3) is 1.72. The Morgan fingerprint density at radius 1 is 1.50 bits per heavy atom. The maximum Gasteiger partial charge on any atom is 0.336 e. The molecule has 0 bridgehead atoms. The summed E-state index contributed by atoms with van der Waals surface area (Å²) < 4.78 is 0. The molecule has 0 atom stereocenters. The molecule has 0 spiro atoms. The molecule has 0 saturated carbocycles. The number of hydrogen-bond acceptors (Lipinski definition) is 3. The summed E-state index contributed by atoms with van der Waals surface area (Å²) in [7, 11) is 0. The zero-order valence-electron chi connectivity index (χ0n) is 9.19. The second-order valence-electron chi connectivity index (χ2n) is 4.43. The molecule has 0 radical (unpaired) electrons. The lowest BCUT2D eigenvalue weighted by molar-refractivity contribution is 0.0695. The Hall–Kier alpha value is -1.68. The third-order valence-corrected chi connectivity index (χ3v) is 2.78. The summed E-state index contributed by atoms with van der Waals surface area (Å²) in [5.41, 5.74) is 1.46. The number of aromatic carboxylic acids is 1. The first-order valence-electron chi connectivity index (χ1n) is 5.04. The second kappa shape index (κ2) is 3.42. The van der Waals surface area contributed by atoms with Gasteiger partial charge in [0.25, 0.3) is 0 Å². The number of carboxylic acid groups (broad SMARTS) is 1. The summed E-state index contributed by atoms with van der Waals surface area (Å²) in [5, 5.41) is 18.9. The number of carboxylic acids is 1. The smallest absolute Gasteiger partial charge is 0.336 e. The van der Waals surface area contributed by atoms with Crippen molar-refractivity contribution in [3.8, 4) is 0 Å². The number of aliphatic hydroxyl groups is 1. The van der Waals surface area contributed by atoms with Gasteiger partial charge in [0.2, 0.25) is 0 Å². The Kier molecular flexibility index (Phi) is 2.31. The zero-order chi connectivity index (χ0) is 11.9. The normalized spacial score (nSPS) is 14.6. The van der Waals surface area contributed by atoms with Gasteiger partial charge >= 0.3 is 5.97 Å². The number of nitrogens with zero attached hydrogens (tertiary/aromatic N) is 1. The van der Waals surface area contributed by atoms with Gasteiger partial charge in [0.05, 0.1) is 16.9 Å². The van der Waals surface area contributed by atoms with Gasteiger partial charge < -0.3 is 10.2 Å². The average Bonchev–Trinajstić information content (AvgIpc) is 2.59. The van der Waals surface area contributed by atoms with Crippen LogP contribution in [0.4, 0.5) is 0 Å². The maximum atomic E-state index is 11.0. The molecule has 2 N–H and O–H groups in total. The molecule has 84 valence electrons. The number of rotatable bonds is 2. The molecular formula is C12H13NO3. The fraction of sp³-hybridized carbons (Fsp3) is 0.333. The van der Waals surface area contributed by atoms with Gasteiger partial charge in [-0.2, -0.15) is 0 Å². The summed E-state index contributed by atoms with van der Waals surface area (Å²) in [6, 6.07) is 1.49. The zero-order valence-corrected chi connectivity index (χ0v) is 9.19. The molecule has 4 heteroatoms. The van der Waals surface area contributed by atoms with Crippen LogP contribution in [0.5, 0.6) is 0 Å². The van der Waals surface area contributed by atoms with Crippen molar-refractivity contribution in [3.63, 3.8) is 0 Å². The van der Waals surface area contributed by atoms with Crippen molar-refractivity contribution in [2.24, 2.45) is 0 Å². The Bertz CT molecular complexity index is 484. The summed E-state index contributed by atoms with van der Waals surface area (Å²) in [6.45, 7) is 3.37. The van der Waals surface area contributed by atoms with Gasteiger partial charge in [0.15, 0.2) is 0 Å². The summed E-state index contributed by atoms with van der Waals surface area (Å²) in [4.78, 5) is 15.1. The van der Waals surface area contributed by atoms with Crippen molar-refractivity contribution >= 4 is 12.0 Å². The number of fused-ring (bicyclic) bond motifs is 1. The molecule has 1 aromatic rings. The van der Waals surface area contributed by atoms with Crippen molar-refractivity contribution in [3.05, 3.63) is 34.7 Å². The molecular weight excluding hydrogens is 206 g/mol. The molecule has 16 heavy (non-hydrogen) atoms. The van der Waals surface area contributed by atoms with Crippen LogP contribution in [0.15, 0.2) is 17.8 Å². The molecule has 0 amide bonds. The van der Waals surface area contributed by atoms with Gasteiger partial charge in [-0.05, 0) is 43.5 Å². The highest BCUT2D eigenvalue weighted by Gasteiger charge is 2.28. The van der Waals surface area contributed by atoms with E-state index in [9.17, 15) is 9.90 Å². The van der Waals surface area contributed by atoms with Gasteiger partial charge in [0.1, 0.15) is 0 Å². The number of aromatic nitrogens is 1. The van der Waals surface area contributed by atoms with Crippen molar-refractivity contribution in [2.75, 3.05) is 0 Å². The minimum Gasteiger partial charge on any atom is -0.478 e. The number of hydrogen-bond donors (Lipinski definition) is 2. The first-order chi connectivity index (χ1) is 7.39. The van der Waals surface area contributed by atoms with Crippen LogP contribution in [0.3, 0.4) is 0 Å². The Balaban J connectivity index is 2.46. The lowest BCUT2D eigenvalue weighted by Gasteiger charge is -2.18. The van der Waals surface area contributed by atoms with Gasteiger partial charge in [-0.15, -0.1) is 0 Å². The highest BCUT2D eigenvalue weighted by molar-refractivity contribution is 5.91. The van der Waals surface area contributed by atoms with Crippen LogP contribution in [-0.2, 0) is 6.42 Å². The molecule has 0 saturated heterocycles. The Morgan fingerprint density at radius 3 is 2.75 bits per heavy atom. The molecule has 4 nitrogen and oxygen atoms in total. The fourth-order valence-corrected chi connectivity index (χ4v) is 1.82. The van der Waals surface area contributed by atoms with E-state index in [1.165, 1.54) is 12.3 Å². The van der Waals surface area contributed by atoms with E-state index in [4.69, 9.17) is 5.11 Å². The van der Waals surface area contributed by atoms with E-state index in [0.717, 1.165) is 5.57 Å². The summed E-state index contributed by atoms with van der Waals surface area (Å²) in [6.07, 6.45) is 3.70. The molecule has 1 aliphatic rings. The van der Waals surface area contributed by atoms with Crippen LogP contribution >= 0.6 is 0 Å². The van der Waals surface area contributed by atoms with E-state index in [0.29, 0.717) is 17.7 Å². The first kappa shape index (κ1) is 10.8. The third-order valence-electron chi connectivity index (χ3n) is 2.78. The lowest BCUT2D eigenvalue weighted by Crippen LogP contribution is -2.22. The minimum atomic E-state index is -0.955. The molecule has 0 aromatic carbocycles. The summed E-state index contributed by atoms with van der Waals surface area (Å²) in [5.74, 6) is -0.955. The van der Waals surface area contributed by atoms with Crippen LogP contribution in [0, 0.1) is 0 Å². The van der Waals surface area contributed by atoms with Crippen molar-refractivity contribution < 1.29 is 15.0 Å². The van der Waals surface area contributed by atoms with E-state index in [-0.39, 0.29) is 5.56 Å². The van der Waals surface area contributed by atoms with E-state index in [1.54, 1.807) is 19.9 Å². The van der Waals surface area contributed by atoms with Crippen molar-refractivity contribution in [1.29, 1.82) is 0 Å². The largest absolute Gasteiger partial charge is 0.478 e. The van der Waals surface area contributed by atoms with Gasteiger partial charge in [-0.25, -0.2) is 4.79 Å². The van der Waals surface area contributed by atoms with E-state index >= 15 is 0 Å². The summed E-state index contributed by atoms with van der Waals surface area (Å²) >= 11 is 0. The number of carbonyl (C=O) groups is 1. The molecule has 1 aliphatic carbocycles. The fourth-order valence-electron chi connectivity index (χ4n) is 1.82. The Morgan fingerprint density at radius 2 is 2.19 bits per heavy atom. The monoisotopic (exact) mass is 219 g/mol. The Labute approximate surface area is 93.3 Å². The highest BCUT2D eigenvalue weighted by atomic mass is 16.4. The van der Waals surface area contributed by atoms with E-state index in [1.807, 2.05) is 0 Å². The minimum absolute atomic E-state index is 0.264. The maximum absolute atomic E-state index is 11.0. The topological polar surface area (TPSA) is 70.4 Å². The van der Waals surface area contributed by atoms with E-state index in [2.05, 4.69) is 4.98 Å². The van der Waals surface area contributed by atoms with Crippen LogP contribution in [-0.4, -0.2) is 26.8 Å². The van der Waals surface area contributed by atoms with Gasteiger partial charge in [0, 0.05) is 6.20 Å². The van der Waals surface area contributed by atoms with Crippen molar-refractivity contribution in [2.45, 2.75) is 25.9 Å². The van der Waals surface area contributed by atoms with E-state index < -0.39 is 11.6 Å². The quantitative estimate of drug-likeness (QED) is 0.790. The highest BCUT2D eigenvalue weighted by Crippen LogP contribution is 2.32. The lowest BCUT2D eigenvalue weighted by atomic mass is 9.95. The van der Waals surface area contributed by atoms with Crippen LogP contribution in [0.2, 0.25) is 0 Å². The molecule has 0 aliphatic heterocycles. The molecule has 1 aromatic heterocycles. The molecule has 0 unspecified atom stereocenters. The first-order valence-corrected chi connectivity index (χ1v) is 5.04. The molecule has 2 rings (SSSR count). The average molecular weight is 219 g/mol. The van der Waals surface area contributed by atoms with Gasteiger partial charge in [-0.3, -0.25) is 4.98 Å². The number of pyridine rings is 1. The molecule has 0 fully saturated rings. The predicted molar refractivity (Wildman–Crippen MR) is 59.2 cm³/mol. The SMILES string of the molecule is CC(C)(O)C1=Cc2nccc(C(=O)O)c2C1. The molecule has 1 heterocycles. The van der Waals surface area contributed by atoms with Gasteiger partial charge in [-0.1, -0.05) is 0 Å². The van der Waals surface area contributed by atoms with Crippen LogP contribution < -0.4 is 0 Å². The van der Waals surface area contributed by atoms with Crippen LogP contribution in [0.25, 0.3) is 6.08 Å².